The van der Waals surface area contributed by atoms with Gasteiger partial charge in [0.25, 0.3) is 0 Å². The van der Waals surface area contributed by atoms with Gasteiger partial charge in [0.15, 0.2) is 0 Å². The largest absolute Gasteiger partial charge is 0.389 e. The first-order valence-corrected chi connectivity index (χ1v) is 7.86. The molecule has 3 N–H and O–H groups in total. The van der Waals surface area contributed by atoms with Crippen molar-refractivity contribution in [2.75, 3.05) is 37.6 Å². The molecule has 1 aliphatic rings. The fourth-order valence-corrected chi connectivity index (χ4v) is 3.05. The predicted molar refractivity (Wildman–Crippen MR) is 87.0 cm³/mol. The lowest BCUT2D eigenvalue weighted by atomic mass is 10.1. The number of aliphatic hydroxyl groups is 1. The summed E-state index contributed by atoms with van der Waals surface area (Å²) in [5.74, 6) is 0. The molecular weight excluding hydrogens is 318 g/mol. The Kier molecular flexibility index (Phi) is 5.07. The highest BCUT2D eigenvalue weighted by Crippen LogP contribution is 2.26. The van der Waals surface area contributed by atoms with Crippen molar-refractivity contribution in [2.24, 2.45) is 5.73 Å². The van der Waals surface area contributed by atoms with Crippen LogP contribution < -0.4 is 10.6 Å². The second-order valence-electron chi connectivity index (χ2n) is 6.05. The molecule has 1 aromatic carbocycles. The van der Waals surface area contributed by atoms with Crippen molar-refractivity contribution in [3.63, 3.8) is 0 Å². The summed E-state index contributed by atoms with van der Waals surface area (Å²) in [6, 6.07) is 6.27. The fraction of sp³-hybridized carbons (Fsp3) is 0.600. The van der Waals surface area contributed by atoms with E-state index in [4.69, 9.17) is 5.73 Å². The van der Waals surface area contributed by atoms with Gasteiger partial charge in [-0.15, -0.1) is 0 Å². The fourth-order valence-electron chi connectivity index (χ4n) is 2.70. The summed E-state index contributed by atoms with van der Waals surface area (Å²) in [6.45, 7) is 8.90. The maximum absolute atomic E-state index is 9.89. The van der Waals surface area contributed by atoms with Gasteiger partial charge in [0.1, 0.15) is 0 Å². The van der Waals surface area contributed by atoms with Crippen molar-refractivity contribution in [1.29, 1.82) is 0 Å². The number of hydrogen-bond donors (Lipinski definition) is 2. The van der Waals surface area contributed by atoms with Crippen LogP contribution in [0.4, 0.5) is 5.69 Å². The molecule has 1 aliphatic heterocycles. The Labute approximate surface area is 129 Å². The highest BCUT2D eigenvalue weighted by atomic mass is 79.9. The number of nitrogens with two attached hydrogens (primary N) is 1. The van der Waals surface area contributed by atoms with Gasteiger partial charge >= 0.3 is 0 Å². The quantitative estimate of drug-likeness (QED) is 0.876. The third-order valence-electron chi connectivity index (χ3n) is 3.59. The lowest BCUT2D eigenvalue weighted by molar-refractivity contribution is 0.0345. The summed E-state index contributed by atoms with van der Waals surface area (Å²) in [5.41, 5.74) is 7.62. The monoisotopic (exact) mass is 341 g/mol. The average Bonchev–Trinajstić information content (AvgIpc) is 2.38. The maximum atomic E-state index is 9.89. The molecule has 2 rings (SSSR count). The van der Waals surface area contributed by atoms with E-state index in [-0.39, 0.29) is 0 Å². The van der Waals surface area contributed by atoms with Crippen LogP contribution in [0.1, 0.15) is 19.4 Å². The van der Waals surface area contributed by atoms with E-state index < -0.39 is 5.60 Å². The lowest BCUT2D eigenvalue weighted by Gasteiger charge is -2.39. The van der Waals surface area contributed by atoms with Crippen LogP contribution in [-0.4, -0.2) is 48.3 Å². The predicted octanol–water partition coefficient (Wildman–Crippen LogP) is 1.80. The summed E-state index contributed by atoms with van der Waals surface area (Å²) in [6.07, 6.45) is 0. The zero-order valence-corrected chi connectivity index (χ0v) is 13.9. The van der Waals surface area contributed by atoms with Crippen LogP contribution in [0, 0.1) is 0 Å². The molecule has 0 spiro atoms. The minimum Gasteiger partial charge on any atom is -0.389 e. The molecule has 1 fully saturated rings. The van der Waals surface area contributed by atoms with Crippen LogP contribution in [0.15, 0.2) is 22.7 Å². The summed E-state index contributed by atoms with van der Waals surface area (Å²) in [4.78, 5) is 4.70. The Morgan fingerprint density at radius 2 is 1.90 bits per heavy atom. The summed E-state index contributed by atoms with van der Waals surface area (Å²) in [7, 11) is 0. The third-order valence-corrected chi connectivity index (χ3v) is 4.08. The molecule has 0 bridgehead atoms. The summed E-state index contributed by atoms with van der Waals surface area (Å²) < 4.78 is 1.09. The van der Waals surface area contributed by atoms with Gasteiger partial charge in [0, 0.05) is 49.4 Å². The average molecular weight is 342 g/mol. The zero-order valence-electron chi connectivity index (χ0n) is 12.3. The van der Waals surface area contributed by atoms with Crippen LogP contribution in [0.2, 0.25) is 0 Å². The molecular formula is C15H24BrN3O. The van der Waals surface area contributed by atoms with Gasteiger partial charge in [-0.3, -0.25) is 4.90 Å². The van der Waals surface area contributed by atoms with Crippen LogP contribution in [-0.2, 0) is 6.54 Å². The van der Waals surface area contributed by atoms with E-state index >= 15 is 0 Å². The molecule has 0 atom stereocenters. The molecule has 0 radical (unpaired) electrons. The molecule has 0 unspecified atom stereocenters. The molecule has 5 heteroatoms. The molecule has 1 aromatic rings. The maximum Gasteiger partial charge on any atom is 0.0718 e. The van der Waals surface area contributed by atoms with Crippen molar-refractivity contribution in [3.8, 4) is 0 Å². The molecule has 0 aliphatic carbocycles. The molecule has 20 heavy (non-hydrogen) atoms. The van der Waals surface area contributed by atoms with E-state index in [9.17, 15) is 5.11 Å². The highest BCUT2D eigenvalue weighted by molar-refractivity contribution is 9.10. The summed E-state index contributed by atoms with van der Waals surface area (Å²) in [5, 5.41) is 9.89. The van der Waals surface area contributed by atoms with Crippen LogP contribution >= 0.6 is 15.9 Å². The first kappa shape index (κ1) is 15.8. The van der Waals surface area contributed by atoms with Crippen molar-refractivity contribution in [1.82, 2.24) is 4.90 Å². The third kappa shape index (κ3) is 4.19. The van der Waals surface area contributed by atoms with Gasteiger partial charge in [-0.25, -0.2) is 0 Å². The van der Waals surface area contributed by atoms with E-state index in [1.54, 1.807) is 0 Å². The molecule has 0 aromatic heterocycles. The number of benzene rings is 1. The van der Waals surface area contributed by atoms with Crippen LogP contribution in [0.5, 0.6) is 0 Å². The Balaban J connectivity index is 2.02. The molecule has 1 saturated heterocycles. The standard InChI is InChI=1S/C15H24BrN3O/c1-15(2,20)11-18-5-7-19(8-6-18)14-9-13(16)4-3-12(14)10-17/h3-4,9,20H,5-8,10-11,17H2,1-2H3. The molecule has 4 nitrogen and oxygen atoms in total. The Morgan fingerprint density at radius 1 is 1.25 bits per heavy atom. The molecule has 112 valence electrons. The zero-order chi connectivity index (χ0) is 14.8. The number of nitrogens with zero attached hydrogens (tertiary/aromatic N) is 2. The van der Waals surface area contributed by atoms with Gasteiger partial charge in [-0.1, -0.05) is 22.0 Å². The number of rotatable bonds is 4. The Hall–Kier alpha value is -0.620. The minimum atomic E-state index is -0.625. The molecule has 1 heterocycles. The first-order chi connectivity index (χ1) is 9.39. The minimum absolute atomic E-state index is 0.562. The van der Waals surface area contributed by atoms with Crippen LogP contribution in [0.3, 0.4) is 0 Å². The second kappa shape index (κ2) is 6.43. The molecule has 0 saturated carbocycles. The van der Waals surface area contributed by atoms with Crippen molar-refractivity contribution < 1.29 is 5.11 Å². The van der Waals surface area contributed by atoms with E-state index in [0.717, 1.165) is 37.2 Å². The van der Waals surface area contributed by atoms with Gasteiger partial charge in [-0.2, -0.15) is 0 Å². The topological polar surface area (TPSA) is 52.7 Å². The van der Waals surface area contributed by atoms with Gasteiger partial charge < -0.3 is 15.7 Å². The van der Waals surface area contributed by atoms with Gasteiger partial charge in [-0.05, 0) is 31.5 Å². The number of hydrogen-bond acceptors (Lipinski definition) is 4. The smallest absolute Gasteiger partial charge is 0.0718 e. The van der Waals surface area contributed by atoms with Crippen molar-refractivity contribution in [2.45, 2.75) is 26.0 Å². The second-order valence-corrected chi connectivity index (χ2v) is 6.97. The Bertz CT molecular complexity index is 451. The van der Waals surface area contributed by atoms with E-state index in [1.807, 2.05) is 19.9 Å². The number of β-amino-alcohol motifs (C(OH)–C–C–N with tert-alkyl or cyclic N) is 1. The highest BCUT2D eigenvalue weighted by Gasteiger charge is 2.23. The summed E-state index contributed by atoms with van der Waals surface area (Å²) >= 11 is 3.53. The van der Waals surface area contributed by atoms with Crippen molar-refractivity contribution in [3.05, 3.63) is 28.2 Å². The van der Waals surface area contributed by atoms with E-state index in [2.05, 4.69) is 37.9 Å². The van der Waals surface area contributed by atoms with Crippen molar-refractivity contribution >= 4 is 21.6 Å². The number of piperazine rings is 1. The first-order valence-electron chi connectivity index (χ1n) is 7.07. The molecule has 0 amide bonds. The number of anilines is 1. The number of halogens is 1. The lowest BCUT2D eigenvalue weighted by Crippen LogP contribution is -2.50. The van der Waals surface area contributed by atoms with E-state index in [1.165, 1.54) is 11.3 Å². The Morgan fingerprint density at radius 3 is 2.45 bits per heavy atom. The van der Waals surface area contributed by atoms with Gasteiger partial charge in [0.05, 0.1) is 5.60 Å². The van der Waals surface area contributed by atoms with Crippen LogP contribution in [0.25, 0.3) is 0 Å². The normalized spacial score (nSPS) is 17.6. The van der Waals surface area contributed by atoms with E-state index in [0.29, 0.717) is 6.54 Å². The SMILES string of the molecule is CC(C)(O)CN1CCN(c2cc(Br)ccc2CN)CC1. The van der Waals surface area contributed by atoms with Gasteiger partial charge in [0.2, 0.25) is 0 Å².